The Labute approximate surface area is 240 Å². The van der Waals surface area contributed by atoms with Crippen LogP contribution in [0.4, 0.5) is 0 Å². The van der Waals surface area contributed by atoms with Crippen molar-refractivity contribution in [2.45, 2.75) is 46.5 Å². The molecule has 0 atom stereocenters. The van der Waals surface area contributed by atoms with Crippen molar-refractivity contribution in [2.24, 2.45) is 0 Å². The molecule has 3 heterocycles. The maximum atomic E-state index is 6.57. The molecule has 7 rings (SSSR count). The second-order valence-corrected chi connectivity index (χ2v) is 11.5. The van der Waals surface area contributed by atoms with Crippen molar-refractivity contribution in [3.8, 4) is 28.2 Å². The van der Waals surface area contributed by atoms with Crippen molar-refractivity contribution in [1.82, 2.24) is 14.5 Å². The third-order valence-corrected chi connectivity index (χ3v) is 8.18. The van der Waals surface area contributed by atoms with Crippen LogP contribution in [0.1, 0.15) is 56.2 Å². The zero-order valence-corrected chi connectivity index (χ0v) is 24.1. The summed E-state index contributed by atoms with van der Waals surface area (Å²) in [5.41, 5.74) is 12.1. The van der Waals surface area contributed by atoms with Gasteiger partial charge in [-0.3, -0.25) is 9.55 Å². The first-order valence-corrected chi connectivity index (χ1v) is 14.4. The lowest BCUT2D eigenvalue weighted by molar-refractivity contribution is 0.669. The molecule has 41 heavy (non-hydrogen) atoms. The van der Waals surface area contributed by atoms with E-state index in [1.165, 1.54) is 33.5 Å². The molecule has 0 fully saturated rings. The molecule has 0 aliphatic rings. The van der Waals surface area contributed by atoms with Crippen LogP contribution in [0, 0.1) is 6.92 Å². The molecule has 202 valence electrons. The van der Waals surface area contributed by atoms with Crippen LogP contribution < -0.4 is 0 Å². The minimum Gasteiger partial charge on any atom is -0.455 e. The van der Waals surface area contributed by atoms with Gasteiger partial charge in [-0.05, 0) is 76.9 Å². The molecule has 0 aliphatic carbocycles. The van der Waals surface area contributed by atoms with E-state index in [2.05, 4.69) is 117 Å². The van der Waals surface area contributed by atoms with E-state index in [1.807, 2.05) is 24.5 Å². The molecule has 0 N–H and O–H groups in total. The summed E-state index contributed by atoms with van der Waals surface area (Å²) >= 11 is 0. The quantitative estimate of drug-likeness (QED) is 0.220. The van der Waals surface area contributed by atoms with Crippen LogP contribution in [0.5, 0.6) is 0 Å². The van der Waals surface area contributed by atoms with Crippen molar-refractivity contribution in [3.05, 3.63) is 114 Å². The number of hydrogen-bond donors (Lipinski definition) is 0. The van der Waals surface area contributed by atoms with Crippen molar-refractivity contribution in [2.75, 3.05) is 0 Å². The van der Waals surface area contributed by atoms with Gasteiger partial charge in [0.2, 0.25) is 0 Å². The number of furan rings is 1. The van der Waals surface area contributed by atoms with Crippen LogP contribution in [0.15, 0.2) is 102 Å². The van der Waals surface area contributed by atoms with Crippen molar-refractivity contribution < 1.29 is 4.42 Å². The number of nitrogens with zero attached hydrogens (tertiary/aromatic N) is 3. The second kappa shape index (κ2) is 9.74. The Bertz CT molecular complexity index is 2030. The van der Waals surface area contributed by atoms with Gasteiger partial charge in [0.15, 0.2) is 0 Å². The molecule has 0 saturated heterocycles. The molecule has 0 unspecified atom stereocenters. The number of aromatic nitrogens is 3. The van der Waals surface area contributed by atoms with Gasteiger partial charge in [0, 0.05) is 17.0 Å². The number of hydrogen-bond acceptors (Lipinski definition) is 3. The number of imidazole rings is 1. The lowest BCUT2D eigenvalue weighted by atomic mass is 9.88. The zero-order chi connectivity index (χ0) is 28.2. The molecule has 4 nitrogen and oxygen atoms in total. The third kappa shape index (κ3) is 4.05. The van der Waals surface area contributed by atoms with E-state index in [9.17, 15) is 0 Å². The molecule has 4 heteroatoms. The Morgan fingerprint density at radius 2 is 1.46 bits per heavy atom. The lowest BCUT2D eigenvalue weighted by Crippen LogP contribution is -2.09. The van der Waals surface area contributed by atoms with Gasteiger partial charge in [0.1, 0.15) is 22.5 Å². The van der Waals surface area contributed by atoms with Gasteiger partial charge in [-0.2, -0.15) is 0 Å². The number of aryl methyl sites for hydroxylation is 1. The number of para-hydroxylation sites is 1. The average Bonchev–Trinajstić information content (AvgIpc) is 3.56. The molecule has 0 radical (unpaired) electrons. The van der Waals surface area contributed by atoms with E-state index in [1.54, 1.807) is 0 Å². The predicted molar refractivity (Wildman–Crippen MR) is 170 cm³/mol. The highest BCUT2D eigenvalue weighted by molar-refractivity contribution is 6.11. The number of benzene rings is 4. The summed E-state index contributed by atoms with van der Waals surface area (Å²) in [6, 6.07) is 30.1. The minimum atomic E-state index is 0.294. The SMILES string of the molecule is Cc1ccc(-c2nc3cnccc3n2-c2c(C(C)C)cc(-c3ccccc3)cc2C(C)C)c2oc3ccccc3c12. The fourth-order valence-corrected chi connectivity index (χ4v) is 6.13. The van der Waals surface area contributed by atoms with E-state index in [4.69, 9.17) is 9.40 Å². The fourth-order valence-electron chi connectivity index (χ4n) is 6.13. The number of pyridine rings is 1. The summed E-state index contributed by atoms with van der Waals surface area (Å²) in [7, 11) is 0. The first-order chi connectivity index (χ1) is 19.9. The Morgan fingerprint density at radius 1 is 0.756 bits per heavy atom. The van der Waals surface area contributed by atoms with E-state index in [-0.39, 0.29) is 0 Å². The molecule has 0 aliphatic heterocycles. The molecular formula is C37H33N3O. The first kappa shape index (κ1) is 25.3. The van der Waals surface area contributed by atoms with Crippen molar-refractivity contribution in [1.29, 1.82) is 0 Å². The maximum absolute atomic E-state index is 6.57. The van der Waals surface area contributed by atoms with E-state index in [0.29, 0.717) is 11.8 Å². The Kier molecular flexibility index (Phi) is 6.01. The summed E-state index contributed by atoms with van der Waals surface area (Å²) in [4.78, 5) is 9.67. The van der Waals surface area contributed by atoms with Gasteiger partial charge < -0.3 is 4.42 Å². The average molecular weight is 536 g/mol. The second-order valence-electron chi connectivity index (χ2n) is 11.5. The van der Waals surface area contributed by atoms with Crippen LogP contribution >= 0.6 is 0 Å². The minimum absolute atomic E-state index is 0.294. The van der Waals surface area contributed by atoms with E-state index >= 15 is 0 Å². The van der Waals surface area contributed by atoms with Gasteiger partial charge in [0.25, 0.3) is 0 Å². The molecule has 0 amide bonds. The largest absolute Gasteiger partial charge is 0.455 e. The summed E-state index contributed by atoms with van der Waals surface area (Å²) in [6.07, 6.45) is 3.72. The normalized spacial score (nSPS) is 12.0. The fraction of sp³-hybridized carbons (Fsp3) is 0.189. The van der Waals surface area contributed by atoms with Crippen molar-refractivity contribution in [3.63, 3.8) is 0 Å². The molecule has 4 aromatic carbocycles. The third-order valence-electron chi connectivity index (χ3n) is 8.18. The first-order valence-electron chi connectivity index (χ1n) is 14.4. The van der Waals surface area contributed by atoms with Gasteiger partial charge >= 0.3 is 0 Å². The molecule has 3 aromatic heterocycles. The number of fused-ring (bicyclic) bond motifs is 4. The van der Waals surface area contributed by atoms with Crippen molar-refractivity contribution >= 4 is 33.0 Å². The monoisotopic (exact) mass is 535 g/mol. The van der Waals surface area contributed by atoms with Gasteiger partial charge in [-0.1, -0.05) is 82.3 Å². The molecule has 0 saturated carbocycles. The smallest absolute Gasteiger partial charge is 0.149 e. The van der Waals surface area contributed by atoms with Gasteiger partial charge in [0.05, 0.1) is 23.0 Å². The lowest BCUT2D eigenvalue weighted by Gasteiger charge is -2.24. The Balaban J connectivity index is 1.61. The highest BCUT2D eigenvalue weighted by atomic mass is 16.3. The molecule has 0 bridgehead atoms. The highest BCUT2D eigenvalue weighted by Gasteiger charge is 2.25. The van der Waals surface area contributed by atoms with Crippen LogP contribution in [0.2, 0.25) is 0 Å². The molecular weight excluding hydrogens is 502 g/mol. The topological polar surface area (TPSA) is 43.9 Å². The summed E-state index contributed by atoms with van der Waals surface area (Å²) in [5.74, 6) is 1.46. The maximum Gasteiger partial charge on any atom is 0.149 e. The standard InChI is InChI=1S/C37H33N3O/c1-22(2)29-19-26(25-11-7-6-8-12-25)20-30(23(3)4)35(29)40-32-17-18-38-21-31(32)39-37(40)28-16-15-24(5)34-27-13-9-10-14-33(27)41-36(28)34/h6-23H,1-5H3. The van der Waals surface area contributed by atoms with Gasteiger partial charge in [-0.25, -0.2) is 4.98 Å². The van der Waals surface area contributed by atoms with Crippen LogP contribution in [-0.4, -0.2) is 14.5 Å². The Hall–Kier alpha value is -4.70. The molecule has 7 aromatic rings. The zero-order valence-electron chi connectivity index (χ0n) is 24.1. The van der Waals surface area contributed by atoms with E-state index < -0.39 is 0 Å². The Morgan fingerprint density at radius 3 is 2.20 bits per heavy atom. The van der Waals surface area contributed by atoms with Crippen LogP contribution in [0.25, 0.3) is 61.2 Å². The summed E-state index contributed by atoms with van der Waals surface area (Å²) < 4.78 is 8.92. The highest BCUT2D eigenvalue weighted by Crippen LogP contribution is 2.43. The van der Waals surface area contributed by atoms with Crippen LogP contribution in [-0.2, 0) is 0 Å². The molecule has 0 spiro atoms. The van der Waals surface area contributed by atoms with E-state index in [0.717, 1.165) is 44.4 Å². The van der Waals surface area contributed by atoms with Gasteiger partial charge in [-0.15, -0.1) is 0 Å². The van der Waals surface area contributed by atoms with Crippen LogP contribution in [0.3, 0.4) is 0 Å². The number of rotatable bonds is 5. The predicted octanol–water partition coefficient (Wildman–Crippen LogP) is 10.2. The summed E-state index contributed by atoms with van der Waals surface area (Å²) in [6.45, 7) is 11.3. The summed E-state index contributed by atoms with van der Waals surface area (Å²) in [5, 5.41) is 2.27.